The Hall–Kier alpha value is -0.200. The van der Waals surface area contributed by atoms with E-state index in [9.17, 15) is 0 Å². The molecule has 0 radical (unpaired) electrons. The summed E-state index contributed by atoms with van der Waals surface area (Å²) in [5.74, 6) is 0. The summed E-state index contributed by atoms with van der Waals surface area (Å²) < 4.78 is 11.5. The lowest BCUT2D eigenvalue weighted by molar-refractivity contribution is -0.0680. The van der Waals surface area contributed by atoms with Crippen LogP contribution < -0.4 is 5.32 Å². The van der Waals surface area contributed by atoms with E-state index in [2.05, 4.69) is 29.1 Å². The third kappa shape index (κ3) is 5.00. The molecule has 5 nitrogen and oxygen atoms in total. The summed E-state index contributed by atoms with van der Waals surface area (Å²) in [6.07, 6.45) is 1.54. The summed E-state index contributed by atoms with van der Waals surface area (Å²) in [7, 11) is 2.18. The quantitative estimate of drug-likeness (QED) is 0.689. The van der Waals surface area contributed by atoms with Gasteiger partial charge in [-0.05, 0) is 20.0 Å². The number of likely N-dealkylation sites (N-methyl/N-ethyl adjacent to an activating group) is 1. The highest BCUT2D eigenvalue weighted by atomic mass is 16.5. The summed E-state index contributed by atoms with van der Waals surface area (Å²) in [6, 6.07) is 0.496. The summed E-state index contributed by atoms with van der Waals surface area (Å²) in [5.41, 5.74) is 0. The van der Waals surface area contributed by atoms with E-state index in [1.807, 2.05) is 0 Å². The molecule has 0 saturated carbocycles. The first-order valence-electron chi connectivity index (χ1n) is 7.62. The molecule has 0 aromatic carbocycles. The van der Waals surface area contributed by atoms with Gasteiger partial charge in [0.1, 0.15) is 0 Å². The number of rotatable bonds is 6. The van der Waals surface area contributed by atoms with E-state index in [-0.39, 0.29) is 0 Å². The first kappa shape index (κ1) is 15.2. The van der Waals surface area contributed by atoms with Crippen LogP contribution in [-0.4, -0.2) is 88.1 Å². The molecule has 0 aliphatic carbocycles. The van der Waals surface area contributed by atoms with Crippen molar-refractivity contribution in [2.75, 3.05) is 66.1 Å². The molecule has 2 rings (SSSR count). The Bertz CT molecular complexity index is 253. The fourth-order valence-corrected chi connectivity index (χ4v) is 2.80. The Morgan fingerprint density at radius 3 is 2.95 bits per heavy atom. The Labute approximate surface area is 117 Å². The maximum absolute atomic E-state index is 5.88. The monoisotopic (exact) mass is 271 g/mol. The highest BCUT2D eigenvalue weighted by Gasteiger charge is 2.27. The normalized spacial score (nSPS) is 30.6. The van der Waals surface area contributed by atoms with Gasteiger partial charge in [0.05, 0.1) is 25.9 Å². The van der Waals surface area contributed by atoms with E-state index < -0.39 is 0 Å². The van der Waals surface area contributed by atoms with Gasteiger partial charge in [0.25, 0.3) is 0 Å². The number of hydrogen-bond donors (Lipinski definition) is 1. The Kier molecular flexibility index (Phi) is 6.53. The zero-order valence-electron chi connectivity index (χ0n) is 12.4. The molecule has 0 aromatic rings. The second-order valence-electron chi connectivity index (χ2n) is 5.68. The van der Waals surface area contributed by atoms with Crippen molar-refractivity contribution in [2.45, 2.75) is 25.5 Å². The molecule has 1 N–H and O–H groups in total. The molecule has 19 heavy (non-hydrogen) atoms. The topological polar surface area (TPSA) is 37.0 Å². The van der Waals surface area contributed by atoms with Crippen LogP contribution in [0.2, 0.25) is 0 Å². The van der Waals surface area contributed by atoms with Crippen LogP contribution in [0.4, 0.5) is 0 Å². The minimum atomic E-state index is 0.352. The Morgan fingerprint density at radius 2 is 2.16 bits per heavy atom. The molecule has 0 aromatic heterocycles. The van der Waals surface area contributed by atoms with Crippen molar-refractivity contribution in [3.05, 3.63) is 0 Å². The number of nitrogens with one attached hydrogen (secondary N) is 1. The molecule has 2 aliphatic heterocycles. The average Bonchev–Trinajstić information content (AvgIpc) is 2.41. The second kappa shape index (κ2) is 8.17. The van der Waals surface area contributed by atoms with Gasteiger partial charge in [-0.2, -0.15) is 0 Å². The van der Waals surface area contributed by atoms with Gasteiger partial charge < -0.3 is 19.7 Å². The number of ether oxygens (including phenoxy) is 2. The maximum atomic E-state index is 5.88. The molecule has 5 heteroatoms. The molecule has 0 bridgehead atoms. The highest BCUT2D eigenvalue weighted by Crippen LogP contribution is 2.11. The maximum Gasteiger partial charge on any atom is 0.0829 e. The highest BCUT2D eigenvalue weighted by molar-refractivity contribution is 4.81. The minimum absolute atomic E-state index is 0.352. The van der Waals surface area contributed by atoms with Crippen LogP contribution in [0, 0.1) is 0 Å². The second-order valence-corrected chi connectivity index (χ2v) is 5.68. The van der Waals surface area contributed by atoms with Gasteiger partial charge in [0.15, 0.2) is 0 Å². The van der Waals surface area contributed by atoms with Crippen molar-refractivity contribution in [3.63, 3.8) is 0 Å². The predicted molar refractivity (Wildman–Crippen MR) is 76.6 cm³/mol. The van der Waals surface area contributed by atoms with Crippen LogP contribution in [0.3, 0.4) is 0 Å². The van der Waals surface area contributed by atoms with E-state index in [4.69, 9.17) is 9.47 Å². The molecule has 2 aliphatic rings. The van der Waals surface area contributed by atoms with E-state index in [0.717, 1.165) is 59.1 Å². The lowest BCUT2D eigenvalue weighted by Crippen LogP contribution is -2.55. The zero-order chi connectivity index (χ0) is 13.5. The minimum Gasteiger partial charge on any atom is -0.378 e. The fraction of sp³-hybridized carbons (Fsp3) is 1.00. The van der Waals surface area contributed by atoms with Crippen molar-refractivity contribution in [2.24, 2.45) is 0 Å². The van der Waals surface area contributed by atoms with Crippen LogP contribution in [-0.2, 0) is 9.47 Å². The van der Waals surface area contributed by atoms with Gasteiger partial charge >= 0.3 is 0 Å². The summed E-state index contributed by atoms with van der Waals surface area (Å²) in [5, 5.41) is 3.51. The van der Waals surface area contributed by atoms with Crippen molar-refractivity contribution < 1.29 is 9.47 Å². The molecule has 0 amide bonds. The van der Waals surface area contributed by atoms with E-state index in [1.54, 1.807) is 0 Å². The van der Waals surface area contributed by atoms with Crippen LogP contribution in [0.15, 0.2) is 0 Å². The van der Waals surface area contributed by atoms with Crippen LogP contribution in [0.25, 0.3) is 0 Å². The van der Waals surface area contributed by atoms with Gasteiger partial charge in [-0.1, -0.05) is 6.92 Å². The molecule has 2 saturated heterocycles. The smallest absolute Gasteiger partial charge is 0.0829 e. The third-order valence-electron chi connectivity index (χ3n) is 3.94. The summed E-state index contributed by atoms with van der Waals surface area (Å²) >= 11 is 0. The molecular weight excluding hydrogens is 242 g/mol. The molecule has 2 atom stereocenters. The van der Waals surface area contributed by atoms with Crippen molar-refractivity contribution in [1.82, 2.24) is 15.1 Å². The molecular formula is C14H29N3O2. The molecule has 2 heterocycles. The van der Waals surface area contributed by atoms with E-state index >= 15 is 0 Å². The Morgan fingerprint density at radius 1 is 1.26 bits per heavy atom. The van der Waals surface area contributed by atoms with E-state index in [0.29, 0.717) is 12.1 Å². The summed E-state index contributed by atoms with van der Waals surface area (Å²) in [4.78, 5) is 4.90. The van der Waals surface area contributed by atoms with Crippen molar-refractivity contribution in [3.8, 4) is 0 Å². The largest absolute Gasteiger partial charge is 0.378 e. The van der Waals surface area contributed by atoms with Crippen molar-refractivity contribution in [1.29, 1.82) is 0 Å². The van der Waals surface area contributed by atoms with Gasteiger partial charge in [-0.3, -0.25) is 4.90 Å². The number of nitrogens with zero attached hydrogens (tertiary/aromatic N) is 2. The summed E-state index contributed by atoms with van der Waals surface area (Å²) in [6.45, 7) is 11.1. The number of morpholine rings is 2. The average molecular weight is 271 g/mol. The molecule has 2 fully saturated rings. The molecule has 0 spiro atoms. The van der Waals surface area contributed by atoms with Crippen LogP contribution >= 0.6 is 0 Å². The molecule has 2 unspecified atom stereocenters. The van der Waals surface area contributed by atoms with Crippen LogP contribution in [0.5, 0.6) is 0 Å². The van der Waals surface area contributed by atoms with Crippen molar-refractivity contribution >= 4 is 0 Å². The Balaban J connectivity index is 1.77. The van der Waals surface area contributed by atoms with Gasteiger partial charge in [0, 0.05) is 38.8 Å². The zero-order valence-corrected chi connectivity index (χ0v) is 12.4. The van der Waals surface area contributed by atoms with Crippen LogP contribution in [0.1, 0.15) is 13.3 Å². The lowest BCUT2D eigenvalue weighted by atomic mass is 10.1. The lowest BCUT2D eigenvalue weighted by Gasteiger charge is -2.39. The van der Waals surface area contributed by atoms with E-state index in [1.165, 1.54) is 6.42 Å². The molecule has 112 valence electrons. The third-order valence-corrected chi connectivity index (χ3v) is 3.94. The first-order chi connectivity index (χ1) is 9.29. The number of hydrogen-bond acceptors (Lipinski definition) is 5. The van der Waals surface area contributed by atoms with Gasteiger partial charge in [-0.15, -0.1) is 0 Å². The van der Waals surface area contributed by atoms with Gasteiger partial charge in [-0.25, -0.2) is 0 Å². The standard InChI is InChI=1S/C14H29N3O2/c1-3-4-15-9-13-12-18-7-6-17(13)11-14-10-16(2)5-8-19-14/h13-15H,3-12H2,1-2H3. The predicted octanol–water partition coefficient (Wildman–Crippen LogP) is 0.0174. The first-order valence-corrected chi connectivity index (χ1v) is 7.62. The van der Waals surface area contributed by atoms with Gasteiger partial charge in [0.2, 0.25) is 0 Å². The SMILES string of the molecule is CCCNCC1COCCN1CC1CN(C)CCO1. The fourth-order valence-electron chi connectivity index (χ4n) is 2.80.